The van der Waals surface area contributed by atoms with Crippen molar-refractivity contribution >= 4 is 41.4 Å². The maximum atomic E-state index is 12.3. The number of thiophene rings is 1. The zero-order valence-corrected chi connectivity index (χ0v) is 15.3. The van der Waals surface area contributed by atoms with Crippen molar-refractivity contribution in [3.63, 3.8) is 0 Å². The van der Waals surface area contributed by atoms with Gasteiger partial charge in [-0.15, -0.1) is 4.21 Å². The van der Waals surface area contributed by atoms with E-state index in [0.717, 1.165) is 11.3 Å². The van der Waals surface area contributed by atoms with Gasteiger partial charge in [0.2, 0.25) is 0 Å². The van der Waals surface area contributed by atoms with Crippen LogP contribution in [0.25, 0.3) is 0 Å². The number of carbonyl (C=O) groups is 2. The molecule has 0 saturated heterocycles. The van der Waals surface area contributed by atoms with E-state index in [0.29, 0.717) is 5.56 Å². The Bertz CT molecular complexity index is 656. The molecule has 1 aromatic carbocycles. The van der Waals surface area contributed by atoms with Crippen molar-refractivity contribution in [1.82, 2.24) is 0 Å². The zero-order chi connectivity index (χ0) is 14.7. The van der Waals surface area contributed by atoms with E-state index in [9.17, 15) is 9.59 Å². The quantitative estimate of drug-likeness (QED) is 0.359. The fourth-order valence-electron chi connectivity index (χ4n) is 1.71. The van der Waals surface area contributed by atoms with E-state index in [-0.39, 0.29) is 62.3 Å². The SMILES string of the molecule is CCOC(=O)c1c([S-])sc(C(=O)c2ccccc2)c1N.[Na+]. The number of esters is 1. The third kappa shape index (κ3) is 3.84. The number of anilines is 1. The van der Waals surface area contributed by atoms with E-state index in [4.69, 9.17) is 23.1 Å². The Morgan fingerprint density at radius 1 is 1.29 bits per heavy atom. The van der Waals surface area contributed by atoms with Crippen LogP contribution in [0.4, 0.5) is 5.69 Å². The van der Waals surface area contributed by atoms with Crippen LogP contribution in [-0.2, 0) is 17.4 Å². The van der Waals surface area contributed by atoms with Gasteiger partial charge in [0.05, 0.1) is 12.2 Å². The van der Waals surface area contributed by atoms with Crippen molar-refractivity contribution < 1.29 is 43.9 Å². The average molecular weight is 329 g/mol. The van der Waals surface area contributed by atoms with Crippen molar-refractivity contribution in [2.75, 3.05) is 12.3 Å². The van der Waals surface area contributed by atoms with Gasteiger partial charge in [-0.25, -0.2) is 4.79 Å². The maximum Gasteiger partial charge on any atom is 1.00 e. The monoisotopic (exact) mass is 329 g/mol. The Balaban J connectivity index is 0.00000220. The molecule has 0 fully saturated rings. The van der Waals surface area contributed by atoms with Gasteiger partial charge in [0, 0.05) is 16.1 Å². The number of ketones is 1. The van der Waals surface area contributed by atoms with E-state index in [1.165, 1.54) is 0 Å². The first-order valence-electron chi connectivity index (χ1n) is 5.92. The molecule has 7 heteroatoms. The van der Waals surface area contributed by atoms with Crippen LogP contribution in [0.3, 0.4) is 0 Å². The van der Waals surface area contributed by atoms with Crippen molar-refractivity contribution in [2.24, 2.45) is 0 Å². The second-order valence-corrected chi connectivity index (χ2v) is 5.61. The van der Waals surface area contributed by atoms with E-state index in [1.54, 1.807) is 31.2 Å². The molecule has 21 heavy (non-hydrogen) atoms. The Morgan fingerprint density at radius 2 is 1.90 bits per heavy atom. The molecule has 0 radical (unpaired) electrons. The van der Waals surface area contributed by atoms with Crippen LogP contribution in [-0.4, -0.2) is 18.4 Å². The second kappa shape index (κ2) is 7.91. The van der Waals surface area contributed by atoms with Gasteiger partial charge in [0.25, 0.3) is 0 Å². The molecule has 0 bridgehead atoms. The topological polar surface area (TPSA) is 69.4 Å². The molecule has 0 aliphatic rings. The van der Waals surface area contributed by atoms with E-state index < -0.39 is 5.97 Å². The standard InChI is InChI=1S/C14H13NO3S2.Na/c1-2-18-13(17)9-10(15)12(20-14(9)19)11(16)8-6-4-3-5-7-8;/h3-7,19H,2,15H2,1H3;/q;+1/p-1. The summed E-state index contributed by atoms with van der Waals surface area (Å²) in [6, 6.07) is 8.72. The number of hydrogen-bond donors (Lipinski definition) is 1. The molecule has 0 aliphatic carbocycles. The normalized spacial score (nSPS) is 9.76. The summed E-state index contributed by atoms with van der Waals surface area (Å²) >= 11 is 6.14. The van der Waals surface area contributed by atoms with Crippen LogP contribution in [0.2, 0.25) is 0 Å². The van der Waals surface area contributed by atoms with Crippen LogP contribution in [0.15, 0.2) is 34.5 Å². The minimum Gasteiger partial charge on any atom is -0.462 e. The predicted octanol–water partition coefficient (Wildman–Crippen LogP) is -0.352. The molecule has 1 aromatic heterocycles. The Labute approximate surface area is 154 Å². The van der Waals surface area contributed by atoms with Gasteiger partial charge in [0.1, 0.15) is 0 Å². The van der Waals surface area contributed by atoms with Gasteiger partial charge in [-0.1, -0.05) is 30.3 Å². The summed E-state index contributed by atoms with van der Waals surface area (Å²) in [6.07, 6.45) is 0. The van der Waals surface area contributed by atoms with E-state index in [1.807, 2.05) is 6.07 Å². The van der Waals surface area contributed by atoms with Crippen molar-refractivity contribution in [3.8, 4) is 0 Å². The summed E-state index contributed by atoms with van der Waals surface area (Å²) < 4.78 is 5.18. The summed E-state index contributed by atoms with van der Waals surface area (Å²) in [5.74, 6) is -0.826. The molecule has 0 saturated carbocycles. The maximum absolute atomic E-state index is 12.3. The van der Waals surface area contributed by atoms with Gasteiger partial charge in [0.15, 0.2) is 5.78 Å². The van der Waals surface area contributed by atoms with Crippen molar-refractivity contribution in [2.45, 2.75) is 11.1 Å². The number of rotatable bonds is 4. The smallest absolute Gasteiger partial charge is 0.462 e. The molecule has 0 atom stereocenters. The van der Waals surface area contributed by atoms with Crippen molar-refractivity contribution in [1.29, 1.82) is 0 Å². The van der Waals surface area contributed by atoms with Crippen LogP contribution in [0.5, 0.6) is 0 Å². The predicted molar refractivity (Wildman–Crippen MR) is 80.2 cm³/mol. The molecular weight excluding hydrogens is 317 g/mol. The number of hydrogen-bond acceptors (Lipinski definition) is 6. The number of nitrogen functional groups attached to an aromatic ring is 1. The largest absolute Gasteiger partial charge is 1.00 e. The fourth-order valence-corrected chi connectivity index (χ4v) is 3.05. The molecule has 0 aliphatic heterocycles. The van der Waals surface area contributed by atoms with Crippen molar-refractivity contribution in [3.05, 3.63) is 46.3 Å². The number of nitrogens with two attached hydrogens (primary N) is 1. The molecule has 0 amide bonds. The first-order valence-corrected chi connectivity index (χ1v) is 7.14. The Hall–Kier alpha value is -0.920. The minimum atomic E-state index is -0.585. The van der Waals surface area contributed by atoms with Gasteiger partial charge >= 0.3 is 35.5 Å². The van der Waals surface area contributed by atoms with Crippen LogP contribution >= 0.6 is 11.3 Å². The summed E-state index contributed by atoms with van der Waals surface area (Å²) in [6.45, 7) is 1.92. The van der Waals surface area contributed by atoms with E-state index >= 15 is 0 Å². The molecule has 4 nitrogen and oxygen atoms in total. The molecule has 1 heterocycles. The summed E-state index contributed by atoms with van der Waals surface area (Å²) in [7, 11) is 0. The molecule has 2 rings (SSSR count). The first-order chi connectivity index (χ1) is 9.56. The zero-order valence-electron chi connectivity index (χ0n) is 11.7. The average Bonchev–Trinajstić information content (AvgIpc) is 2.74. The second-order valence-electron chi connectivity index (χ2n) is 3.92. The number of benzene rings is 1. The third-order valence-electron chi connectivity index (χ3n) is 2.63. The van der Waals surface area contributed by atoms with Gasteiger partial charge < -0.3 is 34.4 Å². The molecule has 0 unspecified atom stereocenters. The third-order valence-corrected chi connectivity index (χ3v) is 4.09. The van der Waals surface area contributed by atoms with Gasteiger partial charge in [-0.2, -0.15) is 0 Å². The van der Waals surface area contributed by atoms with Crippen LogP contribution in [0.1, 0.15) is 32.5 Å². The summed E-state index contributed by atoms with van der Waals surface area (Å²) in [5.41, 5.74) is 6.62. The minimum absolute atomic E-state index is 0. The molecule has 0 spiro atoms. The molecule has 2 aromatic rings. The van der Waals surface area contributed by atoms with Gasteiger partial charge in [-0.05, 0) is 6.92 Å². The molecular formula is C14H12NNaO3S2. The van der Waals surface area contributed by atoms with E-state index in [2.05, 4.69) is 0 Å². The Morgan fingerprint density at radius 3 is 2.48 bits per heavy atom. The summed E-state index contributed by atoms with van der Waals surface area (Å²) in [5, 5.41) is 0. The number of ether oxygens (including phenoxy) is 1. The molecule has 104 valence electrons. The van der Waals surface area contributed by atoms with Crippen LogP contribution < -0.4 is 35.3 Å². The van der Waals surface area contributed by atoms with Gasteiger partial charge in [-0.3, -0.25) is 4.79 Å². The molecule has 2 N–H and O–H groups in total. The summed E-state index contributed by atoms with van der Waals surface area (Å²) in [4.78, 5) is 24.4. The Kier molecular flexibility index (Phi) is 6.83. The van der Waals surface area contributed by atoms with Crippen LogP contribution in [0, 0.1) is 0 Å². The number of carbonyl (C=O) groups excluding carboxylic acids is 2. The fraction of sp³-hybridized carbons (Fsp3) is 0.143. The first kappa shape index (κ1) is 18.1.